The van der Waals surface area contributed by atoms with Crippen molar-refractivity contribution >= 4 is 33.2 Å². The van der Waals surface area contributed by atoms with Crippen LogP contribution in [0.4, 0.5) is 5.69 Å². The molecule has 1 heterocycles. The Balaban J connectivity index is 1.51. The fourth-order valence-corrected chi connectivity index (χ4v) is 5.00. The van der Waals surface area contributed by atoms with E-state index >= 15 is 0 Å². The van der Waals surface area contributed by atoms with E-state index in [4.69, 9.17) is 21.1 Å². The Kier molecular flexibility index (Phi) is 7.29. The van der Waals surface area contributed by atoms with E-state index in [1.165, 1.54) is 18.2 Å². The zero-order chi connectivity index (χ0) is 23.3. The molecule has 33 heavy (non-hydrogen) atoms. The van der Waals surface area contributed by atoms with Gasteiger partial charge in [-0.05, 0) is 55.3 Å². The van der Waals surface area contributed by atoms with Crippen LogP contribution in [0.1, 0.15) is 23.2 Å². The topological polar surface area (TPSA) is 93.7 Å². The second kappa shape index (κ2) is 10.4. The molecule has 1 fully saturated rings. The van der Waals surface area contributed by atoms with Crippen LogP contribution in [0.3, 0.4) is 0 Å². The summed E-state index contributed by atoms with van der Waals surface area (Å²) in [7, 11) is -3.92. The molecule has 1 atom stereocenters. The average Bonchev–Trinajstić information content (AvgIpc) is 3.34. The summed E-state index contributed by atoms with van der Waals surface area (Å²) in [4.78, 5) is 12.8. The minimum absolute atomic E-state index is 0.0270. The first kappa shape index (κ1) is 23.3. The number of rotatable bonds is 8. The van der Waals surface area contributed by atoms with Gasteiger partial charge in [-0.25, -0.2) is 13.1 Å². The van der Waals surface area contributed by atoms with E-state index in [0.29, 0.717) is 23.8 Å². The summed E-state index contributed by atoms with van der Waals surface area (Å²) >= 11 is 6.15. The molecule has 9 heteroatoms. The van der Waals surface area contributed by atoms with Gasteiger partial charge in [0.2, 0.25) is 10.0 Å². The van der Waals surface area contributed by atoms with Crippen molar-refractivity contribution in [3.8, 4) is 11.5 Å². The zero-order valence-corrected chi connectivity index (χ0v) is 19.2. The predicted octanol–water partition coefficient (Wildman–Crippen LogP) is 4.84. The van der Waals surface area contributed by atoms with Crippen molar-refractivity contribution < 1.29 is 22.7 Å². The van der Waals surface area contributed by atoms with Crippen LogP contribution in [0.25, 0.3) is 0 Å². The lowest BCUT2D eigenvalue weighted by Crippen LogP contribution is -2.32. The molecule has 0 spiro atoms. The summed E-state index contributed by atoms with van der Waals surface area (Å²) < 4.78 is 39.4. The third kappa shape index (κ3) is 5.91. The Bertz CT molecular complexity index is 1230. The van der Waals surface area contributed by atoms with E-state index < -0.39 is 15.9 Å². The van der Waals surface area contributed by atoms with Gasteiger partial charge in [-0.3, -0.25) is 4.79 Å². The Labute approximate surface area is 197 Å². The minimum Gasteiger partial charge on any atom is -0.455 e. The van der Waals surface area contributed by atoms with Gasteiger partial charge in [-0.2, -0.15) is 0 Å². The van der Waals surface area contributed by atoms with Gasteiger partial charge in [0, 0.05) is 18.7 Å². The summed E-state index contributed by atoms with van der Waals surface area (Å²) in [5, 5.41) is 2.81. The largest absolute Gasteiger partial charge is 0.455 e. The molecule has 0 bridgehead atoms. The van der Waals surface area contributed by atoms with Gasteiger partial charge >= 0.3 is 0 Å². The number of para-hydroxylation sites is 3. The fraction of sp³-hybridized carbons (Fsp3) is 0.208. The SMILES string of the molecule is O=C(Nc1ccccc1Oc1ccccc1)c1ccc(Cl)c(S(=O)(=O)NCC2CCCO2)c1. The molecule has 4 rings (SSSR count). The number of hydrogen-bond acceptors (Lipinski definition) is 5. The molecule has 7 nitrogen and oxygen atoms in total. The highest BCUT2D eigenvalue weighted by Crippen LogP contribution is 2.30. The Morgan fingerprint density at radius 3 is 2.58 bits per heavy atom. The Morgan fingerprint density at radius 2 is 1.82 bits per heavy atom. The maximum Gasteiger partial charge on any atom is 0.255 e. The molecule has 0 aromatic heterocycles. The molecule has 0 aliphatic carbocycles. The summed E-state index contributed by atoms with van der Waals surface area (Å²) in [6.07, 6.45) is 1.53. The number of ether oxygens (including phenoxy) is 2. The van der Waals surface area contributed by atoms with Crippen LogP contribution in [0.15, 0.2) is 77.7 Å². The van der Waals surface area contributed by atoms with Gasteiger partial charge < -0.3 is 14.8 Å². The number of benzene rings is 3. The number of hydrogen-bond donors (Lipinski definition) is 2. The molecule has 2 N–H and O–H groups in total. The van der Waals surface area contributed by atoms with Gasteiger partial charge in [-0.1, -0.05) is 41.9 Å². The van der Waals surface area contributed by atoms with Gasteiger partial charge in [0.1, 0.15) is 10.6 Å². The number of halogens is 1. The maximum absolute atomic E-state index is 12.9. The normalized spacial score (nSPS) is 15.8. The summed E-state index contributed by atoms with van der Waals surface area (Å²) in [6.45, 7) is 0.775. The summed E-state index contributed by atoms with van der Waals surface area (Å²) in [5.41, 5.74) is 0.591. The van der Waals surface area contributed by atoms with Crippen LogP contribution in [0.5, 0.6) is 11.5 Å². The molecule has 172 valence electrons. The number of carbonyl (C=O) groups excluding carboxylic acids is 1. The van der Waals surface area contributed by atoms with Crippen molar-refractivity contribution in [2.24, 2.45) is 0 Å². The van der Waals surface area contributed by atoms with Crippen molar-refractivity contribution in [2.75, 3.05) is 18.5 Å². The van der Waals surface area contributed by atoms with Crippen LogP contribution in [0, 0.1) is 0 Å². The molecule has 1 amide bonds. The molecular formula is C24H23ClN2O5S. The molecule has 1 aliphatic heterocycles. The number of amides is 1. The molecule has 1 unspecified atom stereocenters. The minimum atomic E-state index is -3.92. The van der Waals surface area contributed by atoms with E-state index in [1.54, 1.807) is 36.4 Å². The van der Waals surface area contributed by atoms with Crippen molar-refractivity contribution in [1.82, 2.24) is 4.72 Å². The Hall–Kier alpha value is -2.91. The summed E-state index contributed by atoms with van der Waals surface area (Å²) in [5.74, 6) is 0.583. The first-order chi connectivity index (χ1) is 15.9. The smallest absolute Gasteiger partial charge is 0.255 e. The predicted molar refractivity (Wildman–Crippen MR) is 127 cm³/mol. The lowest BCUT2D eigenvalue weighted by molar-refractivity contribution is 0.102. The molecule has 3 aromatic carbocycles. The van der Waals surface area contributed by atoms with Crippen molar-refractivity contribution in [1.29, 1.82) is 0 Å². The first-order valence-corrected chi connectivity index (χ1v) is 12.3. The number of carbonyl (C=O) groups is 1. The van der Waals surface area contributed by atoms with Crippen molar-refractivity contribution in [3.63, 3.8) is 0 Å². The lowest BCUT2D eigenvalue weighted by atomic mass is 10.2. The van der Waals surface area contributed by atoms with E-state index in [1.807, 2.05) is 18.2 Å². The number of sulfonamides is 1. The summed E-state index contributed by atoms with van der Waals surface area (Å²) in [6, 6.07) is 20.3. The highest BCUT2D eigenvalue weighted by molar-refractivity contribution is 7.89. The highest BCUT2D eigenvalue weighted by atomic mass is 35.5. The van der Waals surface area contributed by atoms with Crippen LogP contribution in [0.2, 0.25) is 5.02 Å². The van der Waals surface area contributed by atoms with Crippen LogP contribution in [-0.4, -0.2) is 33.6 Å². The van der Waals surface area contributed by atoms with Gasteiger partial charge in [0.05, 0.1) is 16.8 Å². The van der Waals surface area contributed by atoms with Crippen molar-refractivity contribution in [3.05, 3.63) is 83.4 Å². The second-order valence-corrected chi connectivity index (χ2v) is 9.64. The molecule has 0 radical (unpaired) electrons. The quantitative estimate of drug-likeness (QED) is 0.475. The van der Waals surface area contributed by atoms with E-state index in [2.05, 4.69) is 10.0 Å². The molecule has 3 aromatic rings. The molecule has 1 aliphatic rings. The van der Waals surface area contributed by atoms with Crippen molar-refractivity contribution in [2.45, 2.75) is 23.8 Å². The standard InChI is InChI=1S/C24H23ClN2O5S/c25-20-13-12-17(15-23(20)33(29,30)26-16-19-9-6-14-31-19)24(28)27-21-10-4-5-11-22(21)32-18-7-2-1-3-8-18/h1-5,7-8,10-13,15,19,26H,6,9,14,16H2,(H,27,28). The first-order valence-electron chi connectivity index (χ1n) is 10.5. The van der Waals surface area contributed by atoms with Crippen LogP contribution < -0.4 is 14.8 Å². The van der Waals surface area contributed by atoms with Gasteiger partial charge in [-0.15, -0.1) is 0 Å². The fourth-order valence-electron chi connectivity index (χ4n) is 3.41. The molecule has 0 saturated carbocycles. The molecular weight excluding hydrogens is 464 g/mol. The maximum atomic E-state index is 12.9. The van der Waals surface area contributed by atoms with E-state index in [-0.39, 0.29) is 28.1 Å². The third-order valence-corrected chi connectivity index (χ3v) is 7.02. The van der Waals surface area contributed by atoms with Crippen LogP contribution >= 0.6 is 11.6 Å². The molecule has 1 saturated heterocycles. The second-order valence-electron chi connectivity index (χ2n) is 7.50. The highest BCUT2D eigenvalue weighted by Gasteiger charge is 2.23. The lowest BCUT2D eigenvalue weighted by Gasteiger charge is -2.14. The van der Waals surface area contributed by atoms with Gasteiger partial charge in [0.25, 0.3) is 5.91 Å². The Morgan fingerprint density at radius 1 is 1.06 bits per heavy atom. The monoisotopic (exact) mass is 486 g/mol. The van der Waals surface area contributed by atoms with E-state index in [9.17, 15) is 13.2 Å². The van der Waals surface area contributed by atoms with E-state index in [0.717, 1.165) is 12.8 Å². The average molecular weight is 487 g/mol. The third-order valence-electron chi connectivity index (χ3n) is 5.11. The zero-order valence-electron chi connectivity index (χ0n) is 17.7. The number of nitrogens with one attached hydrogen (secondary N) is 2. The van der Waals surface area contributed by atoms with Crippen LogP contribution in [-0.2, 0) is 14.8 Å². The van der Waals surface area contributed by atoms with Gasteiger partial charge in [0.15, 0.2) is 5.75 Å². The number of anilines is 1.